The predicted octanol–water partition coefficient (Wildman–Crippen LogP) is 9.23. The molecule has 0 amide bonds. The minimum absolute atomic E-state index is 0.304. The molecule has 0 unspecified atom stereocenters. The Labute approximate surface area is 202 Å². The zero-order valence-electron chi connectivity index (χ0n) is 20.4. The van der Waals surface area contributed by atoms with Crippen molar-refractivity contribution in [2.24, 2.45) is 0 Å². The average molecular weight is 439 g/mol. The Morgan fingerprint density at radius 3 is 0.941 bits per heavy atom. The number of rotatable bonds is 2. The van der Waals surface area contributed by atoms with Crippen LogP contribution < -0.4 is 0 Å². The molecule has 0 atom stereocenters. The summed E-state index contributed by atoms with van der Waals surface area (Å²) in [6, 6.07) is 32.8. The van der Waals surface area contributed by atoms with Gasteiger partial charge in [0.2, 0.25) is 0 Å². The molecule has 3 aliphatic carbocycles. The molecule has 5 aromatic carbocycles. The Morgan fingerprint density at radius 1 is 0.412 bits per heavy atom. The van der Waals surface area contributed by atoms with E-state index in [1.54, 1.807) is 0 Å². The maximum Gasteiger partial charge on any atom is 0.0349 e. The standard InChI is InChI=1S/C34H30/c1-19(2)25-17-31-32(18-26(25)20(3)4)34-29-15-23-11-7-5-9-21(23)13-27(29)33(31)28-14-22-10-6-8-12-24(22)16-30(28)34/h5-20,33-34H,1-4H3. The van der Waals surface area contributed by atoms with Gasteiger partial charge in [0, 0.05) is 11.8 Å². The molecule has 3 aliphatic rings. The average Bonchev–Trinajstić information content (AvgIpc) is 2.85. The van der Waals surface area contributed by atoms with Crippen LogP contribution in [0.4, 0.5) is 0 Å². The van der Waals surface area contributed by atoms with Crippen LogP contribution in [0.1, 0.15) is 95.9 Å². The quantitative estimate of drug-likeness (QED) is 0.252. The van der Waals surface area contributed by atoms with E-state index in [9.17, 15) is 0 Å². The van der Waals surface area contributed by atoms with Crippen LogP contribution in [0, 0.1) is 0 Å². The van der Waals surface area contributed by atoms with Crippen LogP contribution >= 0.6 is 0 Å². The van der Waals surface area contributed by atoms with Gasteiger partial charge >= 0.3 is 0 Å². The maximum atomic E-state index is 2.57. The lowest BCUT2D eigenvalue weighted by molar-refractivity contribution is 0.731. The van der Waals surface area contributed by atoms with Crippen LogP contribution in [0.5, 0.6) is 0 Å². The van der Waals surface area contributed by atoms with Crippen molar-refractivity contribution in [2.45, 2.75) is 51.4 Å². The smallest absolute Gasteiger partial charge is 0.0349 e. The van der Waals surface area contributed by atoms with Gasteiger partial charge in [0.25, 0.3) is 0 Å². The SMILES string of the molecule is CC(C)c1cc2c(cc1C(C)C)C1c3cc4ccccc4cc3C2c2cc3ccccc3cc21. The van der Waals surface area contributed by atoms with E-state index in [1.807, 2.05) is 0 Å². The fraction of sp³-hybridized carbons (Fsp3) is 0.235. The van der Waals surface area contributed by atoms with E-state index in [4.69, 9.17) is 0 Å². The van der Waals surface area contributed by atoms with Gasteiger partial charge in [0.1, 0.15) is 0 Å². The number of fused-ring (bicyclic) bond motifs is 2. The van der Waals surface area contributed by atoms with Crippen LogP contribution in [0.2, 0.25) is 0 Å². The first-order chi connectivity index (χ1) is 16.5. The van der Waals surface area contributed by atoms with Crippen LogP contribution in [-0.2, 0) is 0 Å². The van der Waals surface area contributed by atoms with Crippen LogP contribution in [0.15, 0.2) is 84.9 Å². The topological polar surface area (TPSA) is 0 Å². The van der Waals surface area contributed by atoms with Gasteiger partial charge in [-0.15, -0.1) is 0 Å². The van der Waals surface area contributed by atoms with Gasteiger partial charge in [-0.25, -0.2) is 0 Å². The highest BCUT2D eigenvalue weighted by molar-refractivity contribution is 5.90. The lowest BCUT2D eigenvalue weighted by atomic mass is 9.59. The molecular formula is C34H30. The molecule has 0 heteroatoms. The minimum atomic E-state index is 0.304. The summed E-state index contributed by atoms with van der Waals surface area (Å²) in [6.45, 7) is 9.38. The van der Waals surface area contributed by atoms with E-state index in [0.29, 0.717) is 23.7 Å². The molecule has 0 saturated carbocycles. The van der Waals surface area contributed by atoms with Gasteiger partial charge in [0.05, 0.1) is 0 Å². The molecule has 0 radical (unpaired) electrons. The summed E-state index contributed by atoms with van der Waals surface area (Å²) in [5.41, 5.74) is 12.1. The van der Waals surface area contributed by atoms with Gasteiger partial charge in [-0.1, -0.05) is 88.4 Å². The van der Waals surface area contributed by atoms with Crippen molar-refractivity contribution >= 4 is 21.5 Å². The lowest BCUT2D eigenvalue weighted by Gasteiger charge is -2.43. The van der Waals surface area contributed by atoms with E-state index in [2.05, 4.69) is 113 Å². The van der Waals surface area contributed by atoms with Gasteiger partial charge in [-0.2, -0.15) is 0 Å². The Hall–Kier alpha value is -3.38. The van der Waals surface area contributed by atoms with Crippen LogP contribution in [-0.4, -0.2) is 0 Å². The molecule has 166 valence electrons. The highest BCUT2D eigenvalue weighted by Crippen LogP contribution is 2.58. The third-order valence-corrected chi connectivity index (χ3v) is 8.30. The van der Waals surface area contributed by atoms with Crippen molar-refractivity contribution in [2.75, 3.05) is 0 Å². The zero-order chi connectivity index (χ0) is 23.1. The molecule has 0 nitrogen and oxygen atoms in total. The van der Waals surface area contributed by atoms with E-state index in [-0.39, 0.29) is 0 Å². The molecule has 0 aromatic heterocycles. The molecule has 34 heavy (non-hydrogen) atoms. The van der Waals surface area contributed by atoms with Gasteiger partial charge in [0.15, 0.2) is 0 Å². The first-order valence-electron chi connectivity index (χ1n) is 12.7. The molecule has 0 fully saturated rings. The van der Waals surface area contributed by atoms with Crippen molar-refractivity contribution in [3.05, 3.63) is 129 Å². The van der Waals surface area contributed by atoms with Gasteiger partial charge in [-0.05, 0) is 102 Å². The number of benzene rings is 5. The molecule has 0 spiro atoms. The number of hydrogen-bond donors (Lipinski definition) is 0. The number of hydrogen-bond acceptors (Lipinski definition) is 0. The first-order valence-corrected chi connectivity index (χ1v) is 12.7. The second-order valence-electron chi connectivity index (χ2n) is 10.9. The van der Waals surface area contributed by atoms with Crippen molar-refractivity contribution in [3.63, 3.8) is 0 Å². The van der Waals surface area contributed by atoms with Gasteiger partial charge in [-0.3, -0.25) is 0 Å². The minimum Gasteiger partial charge on any atom is -0.0616 e. The van der Waals surface area contributed by atoms with Crippen molar-refractivity contribution in [1.82, 2.24) is 0 Å². The van der Waals surface area contributed by atoms with Crippen LogP contribution in [0.3, 0.4) is 0 Å². The second-order valence-corrected chi connectivity index (χ2v) is 10.9. The second kappa shape index (κ2) is 7.06. The normalized spacial score (nSPS) is 17.9. The summed E-state index contributed by atoms with van der Waals surface area (Å²) < 4.78 is 0. The van der Waals surface area contributed by atoms with Crippen molar-refractivity contribution in [1.29, 1.82) is 0 Å². The largest absolute Gasteiger partial charge is 0.0616 e. The summed E-state index contributed by atoms with van der Waals surface area (Å²) >= 11 is 0. The molecule has 0 heterocycles. The molecule has 0 aliphatic heterocycles. The summed E-state index contributed by atoms with van der Waals surface area (Å²) in [7, 11) is 0. The molecule has 0 saturated heterocycles. The summed E-state index contributed by atoms with van der Waals surface area (Å²) in [6.07, 6.45) is 0. The van der Waals surface area contributed by atoms with E-state index in [0.717, 1.165) is 0 Å². The maximum absolute atomic E-state index is 2.57. The highest BCUT2D eigenvalue weighted by Gasteiger charge is 2.42. The third-order valence-electron chi connectivity index (χ3n) is 8.30. The van der Waals surface area contributed by atoms with Crippen molar-refractivity contribution in [3.8, 4) is 0 Å². The Kier molecular flexibility index (Phi) is 4.16. The zero-order valence-corrected chi connectivity index (χ0v) is 20.4. The monoisotopic (exact) mass is 438 g/mol. The molecular weight excluding hydrogens is 408 g/mol. The summed E-state index contributed by atoms with van der Waals surface area (Å²) in [5.74, 6) is 1.65. The van der Waals surface area contributed by atoms with Crippen molar-refractivity contribution < 1.29 is 0 Å². The lowest BCUT2D eigenvalue weighted by Crippen LogP contribution is -2.28. The molecule has 5 aromatic rings. The molecule has 2 bridgehead atoms. The Morgan fingerprint density at radius 2 is 0.676 bits per heavy atom. The first kappa shape index (κ1) is 20.0. The summed E-state index contributed by atoms with van der Waals surface area (Å²) in [4.78, 5) is 0. The van der Waals surface area contributed by atoms with Crippen LogP contribution in [0.25, 0.3) is 21.5 Å². The fourth-order valence-corrected chi connectivity index (χ4v) is 6.72. The van der Waals surface area contributed by atoms with Gasteiger partial charge < -0.3 is 0 Å². The summed E-state index contributed by atoms with van der Waals surface area (Å²) in [5, 5.41) is 5.39. The van der Waals surface area contributed by atoms with E-state index >= 15 is 0 Å². The predicted molar refractivity (Wildman–Crippen MR) is 144 cm³/mol. The molecule has 0 N–H and O–H groups in total. The fourth-order valence-electron chi connectivity index (χ4n) is 6.72. The third kappa shape index (κ3) is 2.66. The van der Waals surface area contributed by atoms with E-state index < -0.39 is 0 Å². The Balaban J connectivity index is 1.59. The Bertz CT molecular complexity index is 1410. The van der Waals surface area contributed by atoms with E-state index in [1.165, 1.54) is 66.1 Å². The highest BCUT2D eigenvalue weighted by atomic mass is 14.4. The molecule has 8 rings (SSSR count).